The van der Waals surface area contributed by atoms with E-state index in [0.29, 0.717) is 6.54 Å². The molecule has 2 amide bonds. The number of hydrogen-bond donors (Lipinski definition) is 2. The number of aromatic nitrogens is 1. The Morgan fingerprint density at radius 1 is 1.53 bits per heavy atom. The van der Waals surface area contributed by atoms with Gasteiger partial charge in [-0.15, -0.1) is 0 Å². The molecule has 0 spiro atoms. The van der Waals surface area contributed by atoms with Crippen molar-refractivity contribution < 1.29 is 14.3 Å². The van der Waals surface area contributed by atoms with Crippen molar-refractivity contribution in [3.05, 3.63) is 21.9 Å². The molecule has 104 valence electrons. The van der Waals surface area contributed by atoms with Crippen LogP contribution in [0.15, 0.2) is 6.07 Å². The van der Waals surface area contributed by atoms with Crippen LogP contribution < -0.4 is 5.73 Å². The van der Waals surface area contributed by atoms with Gasteiger partial charge < -0.3 is 20.4 Å². The summed E-state index contributed by atoms with van der Waals surface area (Å²) in [7, 11) is 0. The summed E-state index contributed by atoms with van der Waals surface area (Å²) in [4.78, 5) is 27.0. The standard InChI is InChI=1S/C11H13Cl2N3O3/c12-7-4-8(15-9(7)13)10(17)19-5-6-2-1-3-16(6)11(14)18/h4,6,15H,1-3,5H2,(H2,14,18)/t6-/m0/s1. The number of halogens is 2. The number of rotatable bonds is 3. The van der Waals surface area contributed by atoms with Gasteiger partial charge in [-0.3, -0.25) is 0 Å². The molecular weight excluding hydrogens is 293 g/mol. The number of primary amides is 1. The Kier molecular flexibility index (Phi) is 4.21. The largest absolute Gasteiger partial charge is 0.459 e. The number of hydrogen-bond acceptors (Lipinski definition) is 3. The van der Waals surface area contributed by atoms with Crippen molar-refractivity contribution in [1.29, 1.82) is 0 Å². The molecule has 3 N–H and O–H groups in total. The van der Waals surface area contributed by atoms with Gasteiger partial charge in [-0.05, 0) is 18.9 Å². The summed E-state index contributed by atoms with van der Waals surface area (Å²) in [6.07, 6.45) is 1.62. The van der Waals surface area contributed by atoms with Crippen molar-refractivity contribution in [3.63, 3.8) is 0 Å². The Hall–Kier alpha value is -1.40. The monoisotopic (exact) mass is 305 g/mol. The Morgan fingerprint density at radius 3 is 2.84 bits per heavy atom. The number of amides is 2. The highest BCUT2D eigenvalue weighted by molar-refractivity contribution is 6.41. The molecule has 1 saturated heterocycles. The first-order valence-electron chi connectivity index (χ1n) is 5.76. The Bertz CT molecular complexity index is 484. The molecule has 0 aromatic carbocycles. The van der Waals surface area contributed by atoms with E-state index in [-0.39, 0.29) is 28.5 Å². The molecule has 2 rings (SSSR count). The van der Waals surface area contributed by atoms with Gasteiger partial charge in [0.2, 0.25) is 0 Å². The van der Waals surface area contributed by atoms with Gasteiger partial charge in [0.25, 0.3) is 0 Å². The molecule has 0 bridgehead atoms. The highest BCUT2D eigenvalue weighted by Gasteiger charge is 2.28. The zero-order chi connectivity index (χ0) is 14.0. The topological polar surface area (TPSA) is 88.4 Å². The molecule has 6 nitrogen and oxygen atoms in total. The smallest absolute Gasteiger partial charge is 0.354 e. The molecule has 1 aliphatic heterocycles. The lowest BCUT2D eigenvalue weighted by molar-refractivity contribution is 0.0416. The van der Waals surface area contributed by atoms with Crippen molar-refractivity contribution in [2.45, 2.75) is 18.9 Å². The van der Waals surface area contributed by atoms with Crippen LogP contribution in [0.4, 0.5) is 4.79 Å². The van der Waals surface area contributed by atoms with Crippen LogP contribution in [0.1, 0.15) is 23.3 Å². The van der Waals surface area contributed by atoms with E-state index in [4.69, 9.17) is 33.7 Å². The van der Waals surface area contributed by atoms with Crippen LogP contribution in [0.5, 0.6) is 0 Å². The second-order valence-corrected chi connectivity index (χ2v) is 5.06. The van der Waals surface area contributed by atoms with Crippen LogP contribution in [0, 0.1) is 0 Å². The summed E-state index contributed by atoms with van der Waals surface area (Å²) in [5, 5.41) is 0.446. The van der Waals surface area contributed by atoms with Gasteiger partial charge in [-0.1, -0.05) is 23.2 Å². The molecule has 1 aliphatic rings. The Morgan fingerprint density at radius 2 is 2.26 bits per heavy atom. The molecule has 0 aliphatic carbocycles. The minimum atomic E-state index is -0.565. The van der Waals surface area contributed by atoms with E-state index in [0.717, 1.165) is 12.8 Å². The number of ether oxygens (including phenoxy) is 1. The van der Waals surface area contributed by atoms with Crippen molar-refractivity contribution in [2.24, 2.45) is 5.73 Å². The molecule has 2 heterocycles. The third-order valence-corrected chi connectivity index (χ3v) is 3.71. The predicted octanol–water partition coefficient (Wildman–Crippen LogP) is 2.02. The van der Waals surface area contributed by atoms with Crippen molar-refractivity contribution in [3.8, 4) is 0 Å². The molecule has 1 aromatic rings. The zero-order valence-electron chi connectivity index (χ0n) is 9.99. The molecule has 8 heteroatoms. The predicted molar refractivity (Wildman–Crippen MR) is 70.4 cm³/mol. The first-order chi connectivity index (χ1) is 8.99. The van der Waals surface area contributed by atoms with E-state index in [2.05, 4.69) is 4.98 Å². The van der Waals surface area contributed by atoms with E-state index in [1.807, 2.05) is 0 Å². The van der Waals surface area contributed by atoms with Crippen LogP contribution in [0.2, 0.25) is 10.2 Å². The van der Waals surface area contributed by atoms with Crippen LogP contribution in [-0.2, 0) is 4.74 Å². The number of carbonyl (C=O) groups is 2. The summed E-state index contributed by atoms with van der Waals surface area (Å²) < 4.78 is 5.12. The average Bonchev–Trinajstić information content (AvgIpc) is 2.94. The van der Waals surface area contributed by atoms with Gasteiger partial charge in [0.15, 0.2) is 0 Å². The van der Waals surface area contributed by atoms with E-state index in [9.17, 15) is 9.59 Å². The summed E-state index contributed by atoms with van der Waals surface area (Å²) in [6.45, 7) is 0.702. The van der Waals surface area contributed by atoms with Gasteiger partial charge in [0, 0.05) is 6.54 Å². The SMILES string of the molecule is NC(=O)N1CCC[C@H]1COC(=O)c1cc(Cl)c(Cl)[nH]1. The summed E-state index contributed by atoms with van der Waals surface area (Å²) in [5.74, 6) is -0.565. The van der Waals surface area contributed by atoms with Crippen molar-refractivity contribution >= 4 is 35.2 Å². The minimum absolute atomic E-state index is 0.107. The third kappa shape index (κ3) is 3.13. The first-order valence-corrected chi connectivity index (χ1v) is 6.52. The molecule has 0 radical (unpaired) electrons. The molecule has 1 aromatic heterocycles. The number of aromatic amines is 1. The number of esters is 1. The van der Waals surface area contributed by atoms with Crippen molar-refractivity contribution in [1.82, 2.24) is 9.88 Å². The zero-order valence-corrected chi connectivity index (χ0v) is 11.5. The lowest BCUT2D eigenvalue weighted by Gasteiger charge is -2.21. The number of nitrogens with zero attached hydrogens (tertiary/aromatic N) is 1. The van der Waals surface area contributed by atoms with E-state index < -0.39 is 12.0 Å². The average molecular weight is 306 g/mol. The maximum absolute atomic E-state index is 11.7. The lowest BCUT2D eigenvalue weighted by atomic mass is 10.2. The summed E-state index contributed by atoms with van der Waals surface area (Å²) >= 11 is 11.4. The second kappa shape index (κ2) is 5.71. The summed E-state index contributed by atoms with van der Waals surface area (Å²) in [6, 6.07) is 0.735. The van der Waals surface area contributed by atoms with Gasteiger partial charge in [0.05, 0.1) is 11.1 Å². The molecule has 19 heavy (non-hydrogen) atoms. The first kappa shape index (κ1) is 14.0. The molecule has 1 atom stereocenters. The third-order valence-electron chi connectivity index (χ3n) is 3.01. The van der Waals surface area contributed by atoms with E-state index in [1.165, 1.54) is 11.0 Å². The minimum Gasteiger partial charge on any atom is -0.459 e. The number of likely N-dealkylation sites (tertiary alicyclic amines) is 1. The van der Waals surface area contributed by atoms with Gasteiger partial charge in [-0.2, -0.15) is 0 Å². The number of urea groups is 1. The number of nitrogens with one attached hydrogen (secondary N) is 1. The lowest BCUT2D eigenvalue weighted by Crippen LogP contribution is -2.42. The highest BCUT2D eigenvalue weighted by atomic mass is 35.5. The van der Waals surface area contributed by atoms with Gasteiger partial charge >= 0.3 is 12.0 Å². The van der Waals surface area contributed by atoms with Gasteiger partial charge in [0.1, 0.15) is 17.5 Å². The molecule has 0 saturated carbocycles. The van der Waals surface area contributed by atoms with Crippen LogP contribution in [0.3, 0.4) is 0 Å². The number of H-pyrrole nitrogens is 1. The van der Waals surface area contributed by atoms with E-state index >= 15 is 0 Å². The Balaban J connectivity index is 1.91. The fourth-order valence-electron chi connectivity index (χ4n) is 2.06. The van der Waals surface area contributed by atoms with E-state index in [1.54, 1.807) is 0 Å². The highest BCUT2D eigenvalue weighted by Crippen LogP contribution is 2.23. The second-order valence-electron chi connectivity index (χ2n) is 4.27. The van der Waals surface area contributed by atoms with Gasteiger partial charge in [-0.25, -0.2) is 9.59 Å². The Labute approximate surface area is 119 Å². The molecule has 1 fully saturated rings. The molecular formula is C11H13Cl2N3O3. The fourth-order valence-corrected chi connectivity index (χ4v) is 2.38. The maximum Gasteiger partial charge on any atom is 0.354 e. The number of nitrogens with two attached hydrogens (primary N) is 1. The normalized spacial score (nSPS) is 18.6. The van der Waals surface area contributed by atoms with Crippen molar-refractivity contribution in [2.75, 3.05) is 13.2 Å². The quantitative estimate of drug-likeness (QED) is 0.837. The maximum atomic E-state index is 11.7. The number of carbonyl (C=O) groups excluding carboxylic acids is 2. The molecule has 0 unspecified atom stereocenters. The fraction of sp³-hybridized carbons (Fsp3) is 0.455. The van der Waals surface area contributed by atoms with Crippen LogP contribution in [-0.4, -0.2) is 41.1 Å². The van der Waals surface area contributed by atoms with Crippen LogP contribution >= 0.6 is 23.2 Å². The summed E-state index contributed by atoms with van der Waals surface area (Å²) in [5.41, 5.74) is 5.41. The van der Waals surface area contributed by atoms with Crippen LogP contribution in [0.25, 0.3) is 0 Å².